The number of para-hydroxylation sites is 2. The van der Waals surface area contributed by atoms with E-state index in [0.717, 1.165) is 38.0 Å². The number of aromatic carboxylic acids is 1. The molecule has 7 nitrogen and oxygen atoms in total. The molecular formula is C26H30N2O5. The lowest BCUT2D eigenvalue weighted by Crippen LogP contribution is -2.53. The van der Waals surface area contributed by atoms with E-state index in [9.17, 15) is 14.7 Å². The first-order valence-electron chi connectivity index (χ1n) is 11.8. The fourth-order valence-corrected chi connectivity index (χ4v) is 4.72. The number of amides is 1. The standard InChI is InChI=1S/C26H30N2O5/c29-25(30)21-9-7-18(8-10-21)15-28(22-3-1-2-4-23(22)32-17-19-5-6-19)26(31)33-24-16-27-13-11-20(24)12-14-27/h1-4,7-10,19-20,24H,5-6,11-17H2,(H,29,30)/t24-/m0/s1. The number of anilines is 1. The van der Waals surface area contributed by atoms with E-state index in [4.69, 9.17) is 9.47 Å². The number of rotatable bonds is 8. The minimum Gasteiger partial charge on any atom is -0.491 e. The van der Waals surface area contributed by atoms with Gasteiger partial charge in [-0.25, -0.2) is 9.59 Å². The predicted octanol–water partition coefficient (Wildman–Crippen LogP) is 4.41. The lowest BCUT2D eigenvalue weighted by atomic mass is 9.86. The Balaban J connectivity index is 1.39. The van der Waals surface area contributed by atoms with E-state index in [0.29, 0.717) is 29.9 Å². The van der Waals surface area contributed by atoms with Gasteiger partial charge >= 0.3 is 12.1 Å². The zero-order valence-electron chi connectivity index (χ0n) is 18.7. The molecule has 3 aliphatic heterocycles. The van der Waals surface area contributed by atoms with Crippen LogP contribution in [0.5, 0.6) is 5.75 Å². The second-order valence-electron chi connectivity index (χ2n) is 9.37. The van der Waals surface area contributed by atoms with E-state index in [1.54, 1.807) is 29.2 Å². The van der Waals surface area contributed by atoms with Crippen LogP contribution in [0, 0.1) is 11.8 Å². The molecule has 2 bridgehead atoms. The van der Waals surface area contributed by atoms with Crippen molar-refractivity contribution in [3.8, 4) is 5.75 Å². The molecule has 0 spiro atoms. The van der Waals surface area contributed by atoms with Gasteiger partial charge in [0.25, 0.3) is 0 Å². The number of hydrogen-bond donors (Lipinski definition) is 1. The highest BCUT2D eigenvalue weighted by Crippen LogP contribution is 2.35. The van der Waals surface area contributed by atoms with Gasteiger partial charge in [-0.15, -0.1) is 0 Å². The maximum absolute atomic E-state index is 13.5. The summed E-state index contributed by atoms with van der Waals surface area (Å²) >= 11 is 0. The molecule has 3 saturated heterocycles. The number of piperidine rings is 3. The Hall–Kier alpha value is -3.06. The van der Waals surface area contributed by atoms with Crippen molar-refractivity contribution < 1.29 is 24.2 Å². The Bertz CT molecular complexity index is 996. The normalized spacial score (nSPS) is 23.7. The molecule has 33 heavy (non-hydrogen) atoms. The number of carboxylic acid groups (broad SMARTS) is 1. The average molecular weight is 451 g/mol. The summed E-state index contributed by atoms with van der Waals surface area (Å²) in [6.45, 7) is 3.86. The largest absolute Gasteiger partial charge is 0.491 e. The first-order valence-corrected chi connectivity index (χ1v) is 11.8. The molecule has 3 heterocycles. The zero-order valence-corrected chi connectivity index (χ0v) is 18.7. The lowest BCUT2D eigenvalue weighted by Gasteiger charge is -2.44. The van der Waals surface area contributed by atoms with Crippen LogP contribution in [0.1, 0.15) is 41.6 Å². The number of benzene rings is 2. The van der Waals surface area contributed by atoms with E-state index in [-0.39, 0.29) is 18.2 Å². The highest BCUT2D eigenvalue weighted by atomic mass is 16.6. The van der Waals surface area contributed by atoms with Crippen molar-refractivity contribution in [2.45, 2.75) is 38.3 Å². The van der Waals surface area contributed by atoms with Crippen LogP contribution in [0.3, 0.4) is 0 Å². The fourth-order valence-electron chi connectivity index (χ4n) is 4.72. The number of carbonyl (C=O) groups is 2. The molecule has 1 saturated carbocycles. The van der Waals surface area contributed by atoms with Crippen LogP contribution in [0.15, 0.2) is 48.5 Å². The fraction of sp³-hybridized carbons (Fsp3) is 0.462. The lowest BCUT2D eigenvalue weighted by molar-refractivity contribution is -0.0311. The first-order chi connectivity index (χ1) is 16.1. The third-order valence-electron chi connectivity index (χ3n) is 6.94. The summed E-state index contributed by atoms with van der Waals surface area (Å²) < 4.78 is 12.1. The molecule has 6 rings (SSSR count). The van der Waals surface area contributed by atoms with E-state index >= 15 is 0 Å². The molecule has 4 fully saturated rings. The molecule has 1 amide bonds. The number of ether oxygens (including phenoxy) is 2. The Morgan fingerprint density at radius 2 is 1.73 bits per heavy atom. The van der Waals surface area contributed by atoms with Crippen molar-refractivity contribution in [1.82, 2.24) is 4.90 Å². The minimum absolute atomic E-state index is 0.101. The van der Waals surface area contributed by atoms with E-state index in [1.807, 2.05) is 24.3 Å². The summed E-state index contributed by atoms with van der Waals surface area (Å²) in [6.07, 6.45) is 4.01. The third kappa shape index (κ3) is 5.14. The van der Waals surface area contributed by atoms with Crippen molar-refractivity contribution in [3.63, 3.8) is 0 Å². The second kappa shape index (κ2) is 9.43. The average Bonchev–Trinajstić information content (AvgIpc) is 3.67. The van der Waals surface area contributed by atoms with Crippen LogP contribution in [0.25, 0.3) is 0 Å². The molecule has 0 aromatic heterocycles. The highest BCUT2D eigenvalue weighted by molar-refractivity contribution is 5.90. The van der Waals surface area contributed by atoms with Crippen LogP contribution < -0.4 is 9.64 Å². The van der Waals surface area contributed by atoms with Gasteiger partial charge in [0.2, 0.25) is 0 Å². The van der Waals surface area contributed by atoms with Crippen molar-refractivity contribution in [1.29, 1.82) is 0 Å². The third-order valence-corrected chi connectivity index (χ3v) is 6.94. The second-order valence-corrected chi connectivity index (χ2v) is 9.37. The highest BCUT2D eigenvalue weighted by Gasteiger charge is 2.37. The summed E-state index contributed by atoms with van der Waals surface area (Å²) in [6, 6.07) is 14.2. The topological polar surface area (TPSA) is 79.3 Å². The van der Waals surface area contributed by atoms with Crippen LogP contribution in [0.4, 0.5) is 10.5 Å². The van der Waals surface area contributed by atoms with Crippen molar-refractivity contribution >= 4 is 17.7 Å². The smallest absolute Gasteiger partial charge is 0.415 e. The molecule has 0 radical (unpaired) electrons. The molecule has 1 N–H and O–H groups in total. The van der Waals surface area contributed by atoms with Crippen LogP contribution in [0.2, 0.25) is 0 Å². The number of carboxylic acids is 1. The summed E-state index contributed by atoms with van der Waals surface area (Å²) in [5, 5.41) is 9.20. The zero-order chi connectivity index (χ0) is 22.8. The van der Waals surface area contributed by atoms with Gasteiger partial charge in [-0.2, -0.15) is 0 Å². The van der Waals surface area contributed by atoms with Crippen molar-refractivity contribution in [2.75, 3.05) is 31.1 Å². The summed E-state index contributed by atoms with van der Waals surface area (Å²) in [7, 11) is 0. The van der Waals surface area contributed by atoms with Crippen molar-refractivity contribution in [2.24, 2.45) is 11.8 Å². The van der Waals surface area contributed by atoms with Gasteiger partial charge in [0.05, 0.1) is 24.4 Å². The number of nitrogens with zero attached hydrogens (tertiary/aromatic N) is 2. The van der Waals surface area contributed by atoms with E-state index < -0.39 is 12.1 Å². The van der Waals surface area contributed by atoms with Gasteiger partial charge in [-0.05, 0) is 80.4 Å². The van der Waals surface area contributed by atoms with Gasteiger partial charge in [0, 0.05) is 6.54 Å². The van der Waals surface area contributed by atoms with Gasteiger partial charge < -0.3 is 14.6 Å². The number of carbonyl (C=O) groups excluding carboxylic acids is 1. The van der Waals surface area contributed by atoms with Crippen molar-refractivity contribution in [3.05, 3.63) is 59.7 Å². The molecule has 1 atom stereocenters. The van der Waals surface area contributed by atoms with Gasteiger partial charge in [0.1, 0.15) is 11.9 Å². The van der Waals surface area contributed by atoms with E-state index in [2.05, 4.69) is 4.90 Å². The maximum atomic E-state index is 13.5. The predicted molar refractivity (Wildman–Crippen MR) is 124 cm³/mol. The van der Waals surface area contributed by atoms with Gasteiger partial charge in [-0.3, -0.25) is 9.80 Å². The molecule has 0 unspecified atom stereocenters. The quantitative estimate of drug-likeness (QED) is 0.642. The Kier molecular flexibility index (Phi) is 6.22. The molecule has 174 valence electrons. The Labute approximate surface area is 193 Å². The molecule has 1 aliphatic carbocycles. The molecule has 2 aromatic carbocycles. The minimum atomic E-state index is -0.973. The first kappa shape index (κ1) is 21.8. The summed E-state index contributed by atoms with van der Waals surface area (Å²) in [5.74, 6) is 0.697. The van der Waals surface area contributed by atoms with Crippen LogP contribution in [-0.4, -0.2) is 54.4 Å². The molecule has 4 aliphatic rings. The Morgan fingerprint density at radius 1 is 1.00 bits per heavy atom. The number of hydrogen-bond acceptors (Lipinski definition) is 5. The SMILES string of the molecule is O=C(O)c1ccc(CN(C(=O)O[C@H]2CN3CCC2CC3)c2ccccc2OCC2CC2)cc1. The summed E-state index contributed by atoms with van der Waals surface area (Å²) in [5.41, 5.74) is 1.71. The monoisotopic (exact) mass is 450 g/mol. The van der Waals surface area contributed by atoms with Gasteiger partial charge in [-0.1, -0.05) is 24.3 Å². The van der Waals surface area contributed by atoms with E-state index in [1.165, 1.54) is 12.8 Å². The Morgan fingerprint density at radius 3 is 2.36 bits per heavy atom. The number of fused-ring (bicyclic) bond motifs is 3. The maximum Gasteiger partial charge on any atom is 0.415 e. The van der Waals surface area contributed by atoms with Crippen LogP contribution in [-0.2, 0) is 11.3 Å². The summed E-state index contributed by atoms with van der Waals surface area (Å²) in [4.78, 5) is 28.7. The molecule has 7 heteroatoms. The van der Waals surface area contributed by atoms with Gasteiger partial charge in [0.15, 0.2) is 0 Å². The molecular weight excluding hydrogens is 420 g/mol. The molecule has 2 aromatic rings. The van der Waals surface area contributed by atoms with Crippen LogP contribution >= 0.6 is 0 Å².